The monoisotopic (exact) mass is 333 g/mol. The van der Waals surface area contributed by atoms with Crippen LogP contribution in [-0.2, 0) is 0 Å². The van der Waals surface area contributed by atoms with Crippen molar-refractivity contribution >= 4 is 44.8 Å². The van der Waals surface area contributed by atoms with Crippen LogP contribution in [0.1, 0.15) is 10.4 Å². The Morgan fingerprint density at radius 3 is 2.82 bits per heavy atom. The molecule has 2 rings (SSSR count). The van der Waals surface area contributed by atoms with E-state index in [0.717, 1.165) is 0 Å². The van der Waals surface area contributed by atoms with Crippen molar-refractivity contribution in [3.63, 3.8) is 0 Å². The van der Waals surface area contributed by atoms with Gasteiger partial charge in [0.2, 0.25) is 0 Å². The molecule has 17 heavy (non-hydrogen) atoms. The van der Waals surface area contributed by atoms with Crippen molar-refractivity contribution in [2.24, 2.45) is 0 Å². The van der Waals surface area contributed by atoms with Crippen LogP contribution >= 0.6 is 38.9 Å². The maximum Gasteiger partial charge on any atom is 0.335 e. The van der Waals surface area contributed by atoms with E-state index in [1.807, 2.05) is 0 Å². The number of carbonyl (C=O) groups is 1. The highest BCUT2D eigenvalue weighted by Crippen LogP contribution is 2.32. The third kappa shape index (κ3) is 2.96. The van der Waals surface area contributed by atoms with Crippen LogP contribution in [0.15, 0.2) is 28.2 Å². The number of carboxylic acids is 1. The quantitative estimate of drug-likeness (QED) is 0.920. The van der Waals surface area contributed by atoms with Crippen molar-refractivity contribution in [2.75, 3.05) is 0 Å². The van der Waals surface area contributed by atoms with Crippen LogP contribution in [-0.4, -0.2) is 16.1 Å². The fraction of sp³-hybridized carbons (Fsp3) is 0. The molecular formula is C10H5BrClNO3S. The molecule has 1 N–H and O–H groups in total. The second kappa shape index (κ2) is 5.03. The van der Waals surface area contributed by atoms with E-state index in [0.29, 0.717) is 15.5 Å². The number of aromatic nitrogens is 1. The molecular weight excluding hydrogens is 330 g/mol. The number of carboxylic acid groups (broad SMARTS) is 1. The predicted octanol–water partition coefficient (Wildman–Crippen LogP) is 4.05. The SMILES string of the molecule is O=C(O)c1ccc(Oc2nc(Br)cs2)c(Cl)c1. The standard InChI is InChI=1S/C10H5BrClNO3S/c11-8-4-17-10(13-8)16-7-2-1-5(9(14)15)3-6(7)12/h1-4H,(H,14,15). The molecule has 1 heterocycles. The van der Waals surface area contributed by atoms with Crippen LogP contribution < -0.4 is 4.74 Å². The molecule has 1 aromatic carbocycles. The summed E-state index contributed by atoms with van der Waals surface area (Å²) in [6.45, 7) is 0. The normalized spacial score (nSPS) is 10.2. The second-order valence-electron chi connectivity index (χ2n) is 2.99. The smallest absolute Gasteiger partial charge is 0.335 e. The summed E-state index contributed by atoms with van der Waals surface area (Å²) in [7, 11) is 0. The number of nitrogens with zero attached hydrogens (tertiary/aromatic N) is 1. The van der Waals surface area contributed by atoms with Crippen molar-refractivity contribution in [3.05, 3.63) is 38.8 Å². The van der Waals surface area contributed by atoms with Gasteiger partial charge in [-0.2, -0.15) is 4.98 Å². The molecule has 0 fully saturated rings. The Labute approximate surface area is 114 Å². The number of hydrogen-bond acceptors (Lipinski definition) is 4. The van der Waals surface area contributed by atoms with E-state index in [1.165, 1.54) is 29.5 Å². The highest BCUT2D eigenvalue weighted by molar-refractivity contribution is 9.10. The fourth-order valence-electron chi connectivity index (χ4n) is 1.10. The van der Waals surface area contributed by atoms with E-state index in [2.05, 4.69) is 20.9 Å². The number of rotatable bonds is 3. The molecule has 2 aromatic rings. The van der Waals surface area contributed by atoms with E-state index in [1.54, 1.807) is 5.38 Å². The molecule has 0 bridgehead atoms. The van der Waals surface area contributed by atoms with Gasteiger partial charge < -0.3 is 9.84 Å². The van der Waals surface area contributed by atoms with Gasteiger partial charge in [-0.05, 0) is 34.1 Å². The zero-order valence-corrected chi connectivity index (χ0v) is 11.3. The molecule has 0 atom stereocenters. The molecule has 0 spiro atoms. The molecule has 0 aliphatic carbocycles. The van der Waals surface area contributed by atoms with E-state index < -0.39 is 5.97 Å². The molecule has 0 saturated heterocycles. The Morgan fingerprint density at radius 1 is 1.53 bits per heavy atom. The van der Waals surface area contributed by atoms with Gasteiger partial charge in [0.05, 0.1) is 10.6 Å². The van der Waals surface area contributed by atoms with Crippen LogP contribution in [0.5, 0.6) is 10.9 Å². The third-order valence-corrected chi connectivity index (χ3v) is 3.55. The molecule has 88 valence electrons. The lowest BCUT2D eigenvalue weighted by Crippen LogP contribution is -1.96. The molecule has 0 aliphatic heterocycles. The van der Waals surface area contributed by atoms with Crippen LogP contribution in [0.4, 0.5) is 0 Å². The first-order chi connectivity index (χ1) is 8.06. The van der Waals surface area contributed by atoms with Gasteiger partial charge in [0.1, 0.15) is 10.4 Å². The van der Waals surface area contributed by atoms with Crippen molar-refractivity contribution in [1.82, 2.24) is 4.98 Å². The lowest BCUT2D eigenvalue weighted by Gasteiger charge is -2.04. The maximum atomic E-state index is 10.7. The maximum absolute atomic E-state index is 10.7. The average molecular weight is 335 g/mol. The zero-order valence-electron chi connectivity index (χ0n) is 8.18. The number of aromatic carboxylic acids is 1. The van der Waals surface area contributed by atoms with Crippen LogP contribution in [0.25, 0.3) is 0 Å². The second-order valence-corrected chi connectivity index (χ2v) is 5.03. The van der Waals surface area contributed by atoms with Crippen molar-refractivity contribution in [3.8, 4) is 10.9 Å². The lowest BCUT2D eigenvalue weighted by atomic mass is 10.2. The Balaban J connectivity index is 2.25. The van der Waals surface area contributed by atoms with E-state index >= 15 is 0 Å². The van der Waals surface area contributed by atoms with E-state index in [-0.39, 0.29) is 10.6 Å². The topological polar surface area (TPSA) is 59.4 Å². The van der Waals surface area contributed by atoms with Gasteiger partial charge in [-0.15, -0.1) is 0 Å². The Bertz CT molecular complexity index is 572. The van der Waals surface area contributed by atoms with Gasteiger partial charge in [0.15, 0.2) is 0 Å². The summed E-state index contributed by atoms with van der Waals surface area (Å²) in [6.07, 6.45) is 0. The largest absolute Gasteiger partial charge is 0.478 e. The highest BCUT2D eigenvalue weighted by Gasteiger charge is 2.10. The van der Waals surface area contributed by atoms with Crippen LogP contribution in [0.2, 0.25) is 5.02 Å². The van der Waals surface area contributed by atoms with Crippen molar-refractivity contribution in [2.45, 2.75) is 0 Å². The number of halogens is 2. The molecule has 0 aliphatic rings. The zero-order chi connectivity index (χ0) is 12.4. The average Bonchev–Trinajstić information content (AvgIpc) is 2.67. The molecule has 7 heteroatoms. The summed E-state index contributed by atoms with van der Waals surface area (Å²) in [5.74, 6) is -0.658. The number of hydrogen-bond donors (Lipinski definition) is 1. The Morgan fingerprint density at radius 2 is 2.29 bits per heavy atom. The van der Waals surface area contributed by atoms with E-state index in [4.69, 9.17) is 21.4 Å². The first-order valence-corrected chi connectivity index (χ1v) is 6.43. The molecule has 4 nitrogen and oxygen atoms in total. The van der Waals surface area contributed by atoms with Gasteiger partial charge >= 0.3 is 5.97 Å². The van der Waals surface area contributed by atoms with Gasteiger partial charge in [0, 0.05) is 5.38 Å². The molecule has 0 saturated carbocycles. The summed E-state index contributed by atoms with van der Waals surface area (Å²) >= 11 is 10.4. The van der Waals surface area contributed by atoms with Gasteiger partial charge in [-0.3, -0.25) is 0 Å². The number of thiazole rings is 1. The van der Waals surface area contributed by atoms with Gasteiger partial charge in [-0.25, -0.2) is 4.79 Å². The first-order valence-electron chi connectivity index (χ1n) is 4.38. The molecule has 0 amide bonds. The number of benzene rings is 1. The predicted molar refractivity (Wildman–Crippen MR) is 68.3 cm³/mol. The Kier molecular flexibility index (Phi) is 3.66. The molecule has 0 unspecified atom stereocenters. The summed E-state index contributed by atoms with van der Waals surface area (Å²) in [5.41, 5.74) is 0.114. The summed E-state index contributed by atoms with van der Waals surface area (Å²) in [6, 6.07) is 4.26. The minimum Gasteiger partial charge on any atom is -0.478 e. The van der Waals surface area contributed by atoms with E-state index in [9.17, 15) is 4.79 Å². The van der Waals surface area contributed by atoms with Gasteiger partial charge in [-0.1, -0.05) is 22.9 Å². The van der Waals surface area contributed by atoms with Crippen LogP contribution in [0, 0.1) is 0 Å². The summed E-state index contributed by atoms with van der Waals surface area (Å²) < 4.78 is 6.09. The first kappa shape index (κ1) is 12.3. The minimum absolute atomic E-state index is 0.114. The molecule has 0 radical (unpaired) electrons. The number of ether oxygens (including phenoxy) is 1. The highest BCUT2D eigenvalue weighted by atomic mass is 79.9. The van der Waals surface area contributed by atoms with Crippen molar-refractivity contribution < 1.29 is 14.6 Å². The van der Waals surface area contributed by atoms with Gasteiger partial charge in [0.25, 0.3) is 5.19 Å². The third-order valence-electron chi connectivity index (χ3n) is 1.83. The lowest BCUT2D eigenvalue weighted by molar-refractivity contribution is 0.0697. The summed E-state index contributed by atoms with van der Waals surface area (Å²) in [4.78, 5) is 14.8. The molecule has 1 aromatic heterocycles. The van der Waals surface area contributed by atoms with Crippen molar-refractivity contribution in [1.29, 1.82) is 0 Å². The van der Waals surface area contributed by atoms with Crippen LogP contribution in [0.3, 0.4) is 0 Å². The Hall–Kier alpha value is -1.11. The fourth-order valence-corrected chi connectivity index (χ4v) is 2.41. The minimum atomic E-state index is -1.03. The summed E-state index contributed by atoms with van der Waals surface area (Å²) in [5, 5.41) is 11.2.